The van der Waals surface area contributed by atoms with Gasteiger partial charge < -0.3 is 9.84 Å². The predicted octanol–water partition coefficient (Wildman–Crippen LogP) is 5.00. The summed E-state index contributed by atoms with van der Waals surface area (Å²) < 4.78 is 5.76. The van der Waals surface area contributed by atoms with E-state index in [9.17, 15) is 14.7 Å². The van der Waals surface area contributed by atoms with E-state index in [4.69, 9.17) is 4.74 Å². The summed E-state index contributed by atoms with van der Waals surface area (Å²) >= 11 is 1.69. The summed E-state index contributed by atoms with van der Waals surface area (Å²) in [5.41, 5.74) is 4.65. The first-order valence-electron chi connectivity index (χ1n) is 10.5. The van der Waals surface area contributed by atoms with Gasteiger partial charge in [-0.05, 0) is 59.9 Å². The van der Waals surface area contributed by atoms with Gasteiger partial charge in [0, 0.05) is 12.0 Å². The van der Waals surface area contributed by atoms with E-state index in [1.54, 1.807) is 11.8 Å². The van der Waals surface area contributed by atoms with Crippen molar-refractivity contribution in [3.63, 3.8) is 0 Å². The quantitative estimate of drug-likeness (QED) is 0.573. The number of carboxylic acids is 1. The topological polar surface area (TPSA) is 66.8 Å². The molecule has 0 aromatic heterocycles. The minimum Gasteiger partial charge on any atom is -0.480 e. The number of carbonyl (C=O) groups is 2. The lowest BCUT2D eigenvalue weighted by Gasteiger charge is -2.29. The number of hydrogen-bond acceptors (Lipinski definition) is 4. The Kier molecular flexibility index (Phi) is 6.32. The molecular weight excluding hydrogens is 398 g/mol. The molecule has 1 atom stereocenters. The molecule has 1 saturated carbocycles. The number of aliphatic carboxylic acids is 1. The highest BCUT2D eigenvalue weighted by Crippen LogP contribution is 2.44. The highest BCUT2D eigenvalue weighted by atomic mass is 32.2. The molecule has 1 fully saturated rings. The van der Waals surface area contributed by atoms with Crippen molar-refractivity contribution in [2.75, 3.05) is 18.6 Å². The van der Waals surface area contributed by atoms with Crippen LogP contribution in [0.15, 0.2) is 48.5 Å². The molecule has 0 saturated heterocycles. The molecule has 4 rings (SSSR count). The maximum Gasteiger partial charge on any atom is 0.410 e. The Morgan fingerprint density at radius 2 is 1.70 bits per heavy atom. The number of carboxylic acid groups (broad SMARTS) is 1. The van der Waals surface area contributed by atoms with E-state index < -0.39 is 18.1 Å². The Morgan fingerprint density at radius 3 is 2.23 bits per heavy atom. The lowest BCUT2D eigenvalue weighted by Crippen LogP contribution is -2.47. The van der Waals surface area contributed by atoms with Crippen LogP contribution >= 0.6 is 11.8 Å². The van der Waals surface area contributed by atoms with Crippen LogP contribution in [0.2, 0.25) is 0 Å². The number of carbonyl (C=O) groups excluding carboxylic acids is 1. The summed E-state index contributed by atoms with van der Waals surface area (Å²) in [5.74, 6) is -0.0915. The first-order chi connectivity index (χ1) is 14.6. The van der Waals surface area contributed by atoms with Gasteiger partial charge in [0.25, 0.3) is 0 Å². The van der Waals surface area contributed by atoms with E-state index in [0.717, 1.165) is 36.1 Å². The third kappa shape index (κ3) is 4.19. The first kappa shape index (κ1) is 20.8. The van der Waals surface area contributed by atoms with Crippen molar-refractivity contribution in [2.24, 2.45) is 0 Å². The minimum absolute atomic E-state index is 0.0176. The Morgan fingerprint density at radius 1 is 1.10 bits per heavy atom. The molecule has 1 amide bonds. The molecule has 1 unspecified atom stereocenters. The Bertz CT molecular complexity index is 881. The first-order valence-corrected chi connectivity index (χ1v) is 11.9. The highest BCUT2D eigenvalue weighted by Gasteiger charge is 2.42. The van der Waals surface area contributed by atoms with Crippen molar-refractivity contribution in [1.82, 2.24) is 4.90 Å². The molecule has 30 heavy (non-hydrogen) atoms. The molecule has 0 aliphatic heterocycles. The number of thioether (sulfide) groups is 1. The zero-order valence-corrected chi connectivity index (χ0v) is 17.9. The van der Waals surface area contributed by atoms with Gasteiger partial charge in [0.15, 0.2) is 0 Å². The molecule has 2 aromatic rings. The summed E-state index contributed by atoms with van der Waals surface area (Å²) in [6.45, 7) is 0.216. The van der Waals surface area contributed by atoms with Crippen LogP contribution in [0.5, 0.6) is 0 Å². The average molecular weight is 426 g/mol. The van der Waals surface area contributed by atoms with Crippen molar-refractivity contribution in [3.8, 4) is 11.1 Å². The smallest absolute Gasteiger partial charge is 0.410 e. The molecule has 0 radical (unpaired) electrons. The molecule has 0 bridgehead atoms. The maximum atomic E-state index is 13.0. The van der Waals surface area contributed by atoms with E-state index in [2.05, 4.69) is 24.3 Å². The van der Waals surface area contributed by atoms with Gasteiger partial charge in [0.2, 0.25) is 0 Å². The molecule has 5 nitrogen and oxygen atoms in total. The molecule has 0 spiro atoms. The molecule has 2 aliphatic rings. The lowest BCUT2D eigenvalue weighted by molar-refractivity contribution is -0.143. The highest BCUT2D eigenvalue weighted by molar-refractivity contribution is 7.98. The fourth-order valence-electron chi connectivity index (χ4n) is 4.35. The predicted molar refractivity (Wildman–Crippen MR) is 119 cm³/mol. The third-order valence-corrected chi connectivity index (χ3v) is 6.63. The fourth-order valence-corrected chi connectivity index (χ4v) is 4.81. The monoisotopic (exact) mass is 425 g/mol. The van der Waals surface area contributed by atoms with Gasteiger partial charge in [-0.2, -0.15) is 11.8 Å². The van der Waals surface area contributed by atoms with Crippen molar-refractivity contribution in [1.29, 1.82) is 0 Å². The summed E-state index contributed by atoms with van der Waals surface area (Å²) in [5, 5.41) is 9.75. The molecule has 2 aliphatic carbocycles. The largest absolute Gasteiger partial charge is 0.480 e. The van der Waals surface area contributed by atoms with Crippen LogP contribution in [0.4, 0.5) is 4.79 Å². The van der Waals surface area contributed by atoms with Gasteiger partial charge in [-0.1, -0.05) is 48.5 Å². The van der Waals surface area contributed by atoms with Gasteiger partial charge in [-0.3, -0.25) is 4.90 Å². The van der Waals surface area contributed by atoms with Crippen LogP contribution in [0, 0.1) is 0 Å². The van der Waals surface area contributed by atoms with Crippen LogP contribution < -0.4 is 0 Å². The summed E-state index contributed by atoms with van der Waals surface area (Å²) in [6.07, 6.45) is 4.40. The summed E-state index contributed by atoms with van der Waals surface area (Å²) in [7, 11) is 0. The molecule has 6 heteroatoms. The normalized spacial score (nSPS) is 15.9. The number of rotatable bonds is 9. The van der Waals surface area contributed by atoms with Crippen LogP contribution in [0.25, 0.3) is 11.1 Å². The Balaban J connectivity index is 1.50. The number of nitrogens with zero attached hydrogens (tertiary/aromatic N) is 1. The van der Waals surface area contributed by atoms with Crippen molar-refractivity contribution >= 4 is 23.8 Å². The van der Waals surface area contributed by atoms with E-state index in [1.165, 1.54) is 16.0 Å². The lowest BCUT2D eigenvalue weighted by atomic mass is 9.98. The zero-order valence-electron chi connectivity index (χ0n) is 17.1. The number of fused-ring (bicyclic) bond motifs is 3. The minimum atomic E-state index is -0.948. The Hall–Kier alpha value is -2.47. The van der Waals surface area contributed by atoms with Gasteiger partial charge >= 0.3 is 12.1 Å². The summed E-state index contributed by atoms with van der Waals surface area (Å²) in [4.78, 5) is 26.4. The number of ether oxygens (including phenoxy) is 1. The van der Waals surface area contributed by atoms with Gasteiger partial charge in [0.05, 0.1) is 0 Å². The molecule has 2 aromatic carbocycles. The standard InChI is InChI=1S/C24H27NO4S/c1-30-14-6-11-22(23(26)27)25(16-12-13-16)24(28)29-15-21-19-9-4-2-7-17(19)18-8-3-5-10-20(18)21/h2-5,7-10,16,21-22H,6,11-15H2,1H3,(H,26,27). The number of hydrogen-bond donors (Lipinski definition) is 1. The fraction of sp³-hybridized carbons (Fsp3) is 0.417. The van der Waals surface area contributed by atoms with Crippen LogP contribution in [0.1, 0.15) is 42.7 Å². The molecular formula is C24H27NO4S. The van der Waals surface area contributed by atoms with Gasteiger partial charge in [-0.15, -0.1) is 0 Å². The summed E-state index contributed by atoms with van der Waals surface area (Å²) in [6, 6.07) is 15.6. The van der Waals surface area contributed by atoms with Crippen LogP contribution in [-0.4, -0.2) is 52.8 Å². The van der Waals surface area contributed by atoms with Crippen molar-refractivity contribution in [2.45, 2.75) is 43.7 Å². The van der Waals surface area contributed by atoms with Gasteiger partial charge in [0.1, 0.15) is 12.6 Å². The van der Waals surface area contributed by atoms with Crippen LogP contribution in [-0.2, 0) is 9.53 Å². The molecule has 158 valence electrons. The van der Waals surface area contributed by atoms with E-state index >= 15 is 0 Å². The number of amides is 1. The second kappa shape index (κ2) is 9.13. The average Bonchev–Trinajstić information content (AvgIpc) is 3.53. The SMILES string of the molecule is CSCCCC(C(=O)O)N(C(=O)OCC1c2ccccc2-c2ccccc21)C1CC1. The third-order valence-electron chi connectivity index (χ3n) is 5.93. The van der Waals surface area contributed by atoms with E-state index in [-0.39, 0.29) is 18.6 Å². The van der Waals surface area contributed by atoms with Gasteiger partial charge in [-0.25, -0.2) is 9.59 Å². The molecule has 1 N–H and O–H groups in total. The zero-order chi connectivity index (χ0) is 21.1. The second-order valence-corrected chi connectivity index (χ2v) is 8.92. The Labute approximate surface area is 181 Å². The maximum absolute atomic E-state index is 13.0. The van der Waals surface area contributed by atoms with E-state index in [1.807, 2.05) is 30.5 Å². The van der Waals surface area contributed by atoms with Crippen molar-refractivity contribution in [3.05, 3.63) is 59.7 Å². The van der Waals surface area contributed by atoms with Crippen molar-refractivity contribution < 1.29 is 19.4 Å². The van der Waals surface area contributed by atoms with Crippen LogP contribution in [0.3, 0.4) is 0 Å². The molecule has 0 heterocycles. The second-order valence-electron chi connectivity index (χ2n) is 7.93. The van der Waals surface area contributed by atoms with E-state index in [0.29, 0.717) is 6.42 Å². The number of benzene rings is 2.